The van der Waals surface area contributed by atoms with E-state index in [0.717, 1.165) is 21.3 Å². The molecule has 5 rings (SSSR count). The molecule has 290 valence electrons. The maximum absolute atomic E-state index is 12.6. The first-order chi connectivity index (χ1) is 26.5. The minimum Gasteiger partial charge on any atom is -0.497 e. The van der Waals surface area contributed by atoms with Crippen LogP contribution in [0.15, 0.2) is 94.6 Å². The molecule has 55 heavy (non-hydrogen) atoms. The molecule has 1 aliphatic heterocycles. The van der Waals surface area contributed by atoms with Gasteiger partial charge in [-0.25, -0.2) is 14.0 Å². The molecule has 1 fully saturated rings. The third-order valence-electron chi connectivity index (χ3n) is 9.19. The number of methoxy groups -OCH3 is 2. The van der Waals surface area contributed by atoms with Gasteiger partial charge in [-0.1, -0.05) is 54.6 Å². The van der Waals surface area contributed by atoms with Crippen LogP contribution >= 0.6 is 8.53 Å². The number of nitrogens with zero attached hydrogens (tertiary/aromatic N) is 3. The average Bonchev–Trinajstić information content (AvgIpc) is 3.57. The summed E-state index contributed by atoms with van der Waals surface area (Å²) < 4.78 is 41.3. The van der Waals surface area contributed by atoms with Gasteiger partial charge in [0.2, 0.25) is 0 Å². The zero-order chi connectivity index (χ0) is 39.5. The Balaban J connectivity index is 1.58. The van der Waals surface area contributed by atoms with E-state index in [-0.39, 0.29) is 31.7 Å². The van der Waals surface area contributed by atoms with Crippen LogP contribution in [-0.4, -0.2) is 72.1 Å². The van der Waals surface area contributed by atoms with E-state index in [1.54, 1.807) is 21.1 Å². The van der Waals surface area contributed by atoms with Gasteiger partial charge in [0.05, 0.1) is 46.0 Å². The highest BCUT2D eigenvalue weighted by atomic mass is 31.2. The molecule has 12 nitrogen and oxygen atoms in total. The molecule has 1 saturated heterocycles. The van der Waals surface area contributed by atoms with Crippen molar-refractivity contribution in [2.24, 2.45) is 0 Å². The molecule has 0 bridgehead atoms. The third kappa shape index (κ3) is 9.91. The summed E-state index contributed by atoms with van der Waals surface area (Å²) in [6.07, 6.45) is 0.103. The smallest absolute Gasteiger partial charge is 0.340 e. The van der Waals surface area contributed by atoms with Crippen LogP contribution in [0.1, 0.15) is 62.8 Å². The van der Waals surface area contributed by atoms with Crippen molar-refractivity contribution in [2.45, 2.75) is 83.5 Å². The van der Waals surface area contributed by atoms with Crippen LogP contribution in [0.5, 0.6) is 11.5 Å². The molecule has 1 N–H and O–H groups in total. The average molecular weight is 769 g/mol. The Morgan fingerprint density at radius 1 is 0.927 bits per heavy atom. The van der Waals surface area contributed by atoms with Gasteiger partial charge < -0.3 is 28.0 Å². The predicted molar refractivity (Wildman–Crippen MR) is 211 cm³/mol. The maximum Gasteiger partial charge on any atom is 0.340 e. The molecule has 2 heterocycles. The lowest BCUT2D eigenvalue weighted by Gasteiger charge is -2.39. The summed E-state index contributed by atoms with van der Waals surface area (Å²) >= 11 is 0. The number of nitriles is 1. The summed E-state index contributed by atoms with van der Waals surface area (Å²) in [4.78, 5) is 26.8. The first kappa shape index (κ1) is 41.4. The number of ether oxygens (including phenoxy) is 4. The second-order valence-electron chi connectivity index (χ2n) is 13.6. The first-order valence-corrected chi connectivity index (χ1v) is 19.4. The van der Waals surface area contributed by atoms with Gasteiger partial charge >= 0.3 is 5.69 Å². The van der Waals surface area contributed by atoms with Crippen LogP contribution < -0.4 is 20.7 Å². The van der Waals surface area contributed by atoms with Crippen LogP contribution in [0.25, 0.3) is 0 Å². The van der Waals surface area contributed by atoms with Crippen LogP contribution in [0, 0.1) is 30.2 Å². The van der Waals surface area contributed by atoms with E-state index in [1.807, 2.05) is 78.9 Å². The number of aromatic amines is 1. The van der Waals surface area contributed by atoms with E-state index in [1.165, 1.54) is 6.20 Å². The topological polar surface area (TPSA) is 137 Å². The monoisotopic (exact) mass is 768 g/mol. The molecule has 1 unspecified atom stereocenters. The zero-order valence-electron chi connectivity index (χ0n) is 32.4. The molecule has 0 aliphatic carbocycles. The van der Waals surface area contributed by atoms with Gasteiger partial charge in [0.1, 0.15) is 29.3 Å². The van der Waals surface area contributed by atoms with Crippen LogP contribution in [0.3, 0.4) is 0 Å². The van der Waals surface area contributed by atoms with E-state index in [2.05, 4.69) is 55.4 Å². The Morgan fingerprint density at radius 2 is 1.51 bits per heavy atom. The molecule has 13 heteroatoms. The number of H-pyrrole nitrogens is 1. The normalized spacial score (nSPS) is 17.5. The van der Waals surface area contributed by atoms with E-state index in [4.69, 9.17) is 28.0 Å². The minimum absolute atomic E-state index is 0.0677. The van der Waals surface area contributed by atoms with Crippen molar-refractivity contribution in [3.05, 3.63) is 128 Å². The second kappa shape index (κ2) is 19.2. The summed E-state index contributed by atoms with van der Waals surface area (Å²) in [5.74, 6) is 4.49. The third-order valence-corrected chi connectivity index (χ3v) is 11.3. The van der Waals surface area contributed by atoms with Gasteiger partial charge in [0, 0.05) is 36.3 Å². The molecule has 4 aromatic rings. The molecule has 3 aromatic carbocycles. The Morgan fingerprint density at radius 3 is 2.05 bits per heavy atom. The van der Waals surface area contributed by atoms with Gasteiger partial charge in [-0.05, 0) is 81.5 Å². The Kier molecular flexibility index (Phi) is 14.4. The molecule has 1 aliphatic rings. The van der Waals surface area contributed by atoms with Crippen LogP contribution in [0.4, 0.5) is 0 Å². The lowest BCUT2D eigenvalue weighted by Crippen LogP contribution is -2.39. The van der Waals surface area contributed by atoms with Crippen LogP contribution in [0.2, 0.25) is 0 Å². The van der Waals surface area contributed by atoms with Crippen molar-refractivity contribution in [1.29, 1.82) is 5.26 Å². The standard InChI is InChI=1S/C42H49N4O8P/c1-29(2)46(30(3)4)55(52-25-11-23-43)54-38-26-37(22-24-45-27-31(5)40(47)44-41(45)48)53-39(38)28-51-42(32-12-9-8-10-13-32,33-14-18-35(49-6)19-15-33)34-16-20-36(50-7)21-17-34/h8-10,12-21,27,29-30,37-39H,11,25-26,28H2,1-7H3,(H,44,47,48)/t37-,38-,39+,55?/m0/s1. The summed E-state index contributed by atoms with van der Waals surface area (Å²) in [6.45, 7) is 10.2. The Labute approximate surface area is 323 Å². The van der Waals surface area contributed by atoms with Crippen molar-refractivity contribution in [1.82, 2.24) is 14.2 Å². The number of rotatable bonds is 16. The predicted octanol–water partition coefficient (Wildman–Crippen LogP) is 6.50. The number of aromatic nitrogens is 2. The largest absolute Gasteiger partial charge is 0.497 e. The molecular formula is C42H49N4O8P. The highest BCUT2D eigenvalue weighted by Crippen LogP contribution is 2.50. The summed E-state index contributed by atoms with van der Waals surface area (Å²) in [7, 11) is 1.61. The van der Waals surface area contributed by atoms with Gasteiger partial charge in [-0.3, -0.25) is 9.78 Å². The Bertz CT molecular complexity index is 2010. The molecule has 0 radical (unpaired) electrons. The quantitative estimate of drug-likeness (QED) is 0.0583. The van der Waals surface area contributed by atoms with E-state index in [9.17, 15) is 14.9 Å². The lowest BCUT2D eigenvalue weighted by atomic mass is 9.80. The highest BCUT2D eigenvalue weighted by molar-refractivity contribution is 7.44. The molecule has 0 saturated carbocycles. The summed E-state index contributed by atoms with van der Waals surface area (Å²) in [5, 5.41) is 9.30. The fraction of sp³-hybridized carbons (Fsp3) is 0.405. The molecule has 4 atom stereocenters. The van der Waals surface area contributed by atoms with Crippen molar-refractivity contribution in [3.8, 4) is 29.5 Å². The van der Waals surface area contributed by atoms with Crippen molar-refractivity contribution in [3.63, 3.8) is 0 Å². The lowest BCUT2D eigenvalue weighted by molar-refractivity contribution is -0.0736. The zero-order valence-corrected chi connectivity index (χ0v) is 33.2. The Hall–Kier alpha value is -4.78. The minimum atomic E-state index is -1.64. The fourth-order valence-electron chi connectivity index (χ4n) is 6.55. The van der Waals surface area contributed by atoms with E-state index >= 15 is 0 Å². The van der Waals surface area contributed by atoms with Gasteiger partial charge in [-0.15, -0.1) is 0 Å². The van der Waals surface area contributed by atoms with Crippen LogP contribution in [-0.2, 0) is 24.1 Å². The second-order valence-corrected chi connectivity index (χ2v) is 15.0. The maximum atomic E-state index is 12.6. The highest BCUT2D eigenvalue weighted by Gasteiger charge is 2.44. The SMILES string of the molecule is COc1ccc(C(OC[C@H]2O[C@@H](C#Cn3cc(C)c(=O)[nH]c3=O)C[C@@H]2OP(OCCC#N)N(C(C)C)C(C)C)(c2ccccc2)c2ccc(OC)cc2)cc1. The van der Waals surface area contributed by atoms with Crippen molar-refractivity contribution in [2.75, 3.05) is 27.4 Å². The van der Waals surface area contributed by atoms with E-state index in [0.29, 0.717) is 23.5 Å². The van der Waals surface area contributed by atoms with E-state index < -0.39 is 43.7 Å². The van der Waals surface area contributed by atoms with Gasteiger partial charge in [0.25, 0.3) is 14.1 Å². The molecule has 1 aromatic heterocycles. The number of hydrogen-bond donors (Lipinski definition) is 1. The number of nitrogens with one attached hydrogen (secondary N) is 1. The summed E-state index contributed by atoms with van der Waals surface area (Å²) in [5.41, 5.74) is 0.733. The molecule has 0 amide bonds. The molecular weight excluding hydrogens is 719 g/mol. The van der Waals surface area contributed by atoms with Crippen molar-refractivity contribution < 1.29 is 28.0 Å². The summed E-state index contributed by atoms with van der Waals surface area (Å²) in [6, 6.07) is 30.7. The number of benzene rings is 3. The van der Waals surface area contributed by atoms with Gasteiger partial charge in [0.15, 0.2) is 0 Å². The van der Waals surface area contributed by atoms with Crippen molar-refractivity contribution >= 4 is 8.53 Å². The fourth-order valence-corrected chi connectivity index (χ4v) is 8.31. The number of aryl methyl sites for hydroxylation is 1. The molecule has 0 spiro atoms. The first-order valence-electron chi connectivity index (χ1n) is 18.2. The number of hydrogen-bond acceptors (Lipinski definition) is 10. The van der Waals surface area contributed by atoms with Gasteiger partial charge in [-0.2, -0.15) is 5.26 Å².